The summed E-state index contributed by atoms with van der Waals surface area (Å²) in [6.07, 6.45) is 6.80. The molecule has 0 aromatic carbocycles. The van der Waals surface area contributed by atoms with Crippen molar-refractivity contribution in [3.8, 4) is 0 Å². The topological polar surface area (TPSA) is 80.7 Å². The second-order valence-corrected chi connectivity index (χ2v) is 5.04. The Hall–Kier alpha value is -1.66. The molecule has 1 fully saturated rings. The van der Waals surface area contributed by atoms with Gasteiger partial charge in [-0.1, -0.05) is 31.4 Å². The standard InChI is InChI=1S/C13H17NO4S/c1-3-5-11-7-10(8-13(15)16)9-14(19(17)18)12(11)6-4-2/h3-6,10H,1-2,7-9H2,(H,15,16)(H,17,18)/p-1/b11-5-,12-6+/t10-/m0/s1. The largest absolute Gasteiger partial charge is 0.755 e. The van der Waals surface area contributed by atoms with Gasteiger partial charge in [0.2, 0.25) is 0 Å². The van der Waals surface area contributed by atoms with Gasteiger partial charge in [-0.3, -0.25) is 9.00 Å². The Kier molecular flexibility index (Phi) is 5.72. The number of carboxylic acids is 1. The Morgan fingerprint density at radius 1 is 1.47 bits per heavy atom. The van der Waals surface area contributed by atoms with Gasteiger partial charge in [0, 0.05) is 17.8 Å². The Morgan fingerprint density at radius 3 is 2.58 bits per heavy atom. The highest BCUT2D eigenvalue weighted by Crippen LogP contribution is 2.32. The summed E-state index contributed by atoms with van der Waals surface area (Å²) in [7, 11) is 0. The van der Waals surface area contributed by atoms with Gasteiger partial charge in [0.05, 0.1) is 12.1 Å². The summed E-state index contributed by atoms with van der Waals surface area (Å²) < 4.78 is 23.7. The monoisotopic (exact) mass is 282 g/mol. The zero-order valence-corrected chi connectivity index (χ0v) is 11.3. The predicted octanol–water partition coefficient (Wildman–Crippen LogP) is 1.76. The van der Waals surface area contributed by atoms with Gasteiger partial charge in [-0.2, -0.15) is 0 Å². The minimum absolute atomic E-state index is 0.0659. The van der Waals surface area contributed by atoms with Gasteiger partial charge in [-0.05, 0) is 24.0 Å². The Morgan fingerprint density at radius 2 is 2.11 bits per heavy atom. The minimum Gasteiger partial charge on any atom is -0.755 e. The fourth-order valence-corrected chi connectivity index (χ4v) is 2.77. The SMILES string of the molecule is C=C/C=C1/C[C@@H](CC(=O)O)CN(S(=O)[O-])/C1=C/C=C. The zero-order chi connectivity index (χ0) is 14.4. The molecule has 0 amide bonds. The van der Waals surface area contributed by atoms with Gasteiger partial charge >= 0.3 is 5.97 Å². The number of carboxylic acid groups (broad SMARTS) is 1. The first-order valence-electron chi connectivity index (χ1n) is 5.73. The number of hydrogen-bond donors (Lipinski definition) is 1. The molecule has 0 aliphatic carbocycles. The van der Waals surface area contributed by atoms with Crippen LogP contribution in [0.2, 0.25) is 0 Å². The molecule has 1 saturated heterocycles. The van der Waals surface area contributed by atoms with Crippen molar-refractivity contribution < 1.29 is 18.7 Å². The second kappa shape index (κ2) is 7.06. The van der Waals surface area contributed by atoms with Crippen LogP contribution in [0.15, 0.2) is 48.7 Å². The maximum Gasteiger partial charge on any atom is 0.303 e. The lowest BCUT2D eigenvalue weighted by atomic mass is 9.90. The van der Waals surface area contributed by atoms with Crippen LogP contribution in [0.5, 0.6) is 0 Å². The minimum atomic E-state index is -2.44. The molecule has 0 aromatic rings. The smallest absolute Gasteiger partial charge is 0.303 e. The van der Waals surface area contributed by atoms with Gasteiger partial charge in [0.1, 0.15) is 0 Å². The third-order valence-corrected chi connectivity index (χ3v) is 3.47. The molecular formula is C13H16NO4S-. The van der Waals surface area contributed by atoms with E-state index in [0.717, 1.165) is 9.88 Å². The molecule has 104 valence electrons. The first-order valence-corrected chi connectivity index (χ1v) is 6.76. The number of nitrogens with zero attached hydrogens (tertiary/aromatic N) is 1. The van der Waals surface area contributed by atoms with Crippen molar-refractivity contribution in [3.63, 3.8) is 0 Å². The fourth-order valence-electron chi connectivity index (χ4n) is 2.10. The maximum atomic E-state index is 11.3. The van der Waals surface area contributed by atoms with Gasteiger partial charge in [0.25, 0.3) is 0 Å². The molecule has 0 saturated carbocycles. The van der Waals surface area contributed by atoms with E-state index in [2.05, 4.69) is 13.2 Å². The normalized spacial score (nSPS) is 25.3. The molecule has 0 radical (unpaired) electrons. The Bertz CT molecular complexity index is 467. The average molecular weight is 282 g/mol. The van der Waals surface area contributed by atoms with Crippen LogP contribution >= 0.6 is 0 Å². The van der Waals surface area contributed by atoms with E-state index < -0.39 is 17.2 Å². The number of carbonyl (C=O) groups is 1. The lowest BCUT2D eigenvalue weighted by Gasteiger charge is -2.38. The summed E-state index contributed by atoms with van der Waals surface area (Å²) in [6, 6.07) is 0. The maximum absolute atomic E-state index is 11.3. The molecule has 1 unspecified atom stereocenters. The third-order valence-electron chi connectivity index (χ3n) is 2.77. The van der Waals surface area contributed by atoms with Crippen molar-refractivity contribution in [2.75, 3.05) is 6.54 Å². The average Bonchev–Trinajstić information content (AvgIpc) is 2.31. The van der Waals surface area contributed by atoms with E-state index in [1.54, 1.807) is 18.2 Å². The number of allylic oxidation sites excluding steroid dienone is 5. The van der Waals surface area contributed by atoms with E-state index in [9.17, 15) is 13.6 Å². The van der Waals surface area contributed by atoms with E-state index >= 15 is 0 Å². The van der Waals surface area contributed by atoms with Gasteiger partial charge < -0.3 is 14.0 Å². The number of piperidine rings is 1. The predicted molar refractivity (Wildman–Crippen MR) is 72.5 cm³/mol. The molecule has 1 heterocycles. The summed E-state index contributed by atoms with van der Waals surface area (Å²) in [6.45, 7) is 7.31. The van der Waals surface area contributed by atoms with E-state index in [1.807, 2.05) is 0 Å². The van der Waals surface area contributed by atoms with E-state index in [4.69, 9.17) is 5.11 Å². The quantitative estimate of drug-likeness (QED) is 0.779. The van der Waals surface area contributed by atoms with Gasteiger partial charge in [-0.25, -0.2) is 0 Å². The van der Waals surface area contributed by atoms with Crippen molar-refractivity contribution in [2.24, 2.45) is 5.92 Å². The molecule has 6 heteroatoms. The van der Waals surface area contributed by atoms with Crippen molar-refractivity contribution in [1.82, 2.24) is 4.31 Å². The van der Waals surface area contributed by atoms with Crippen LogP contribution in [0.1, 0.15) is 12.8 Å². The Balaban J connectivity index is 3.11. The number of aliphatic carboxylic acids is 1. The van der Waals surface area contributed by atoms with Crippen LogP contribution in [0.3, 0.4) is 0 Å². The van der Waals surface area contributed by atoms with Crippen LogP contribution < -0.4 is 0 Å². The molecule has 1 aliphatic heterocycles. The molecule has 1 aliphatic rings. The molecule has 0 spiro atoms. The summed E-state index contributed by atoms with van der Waals surface area (Å²) >= 11 is -2.44. The first kappa shape index (κ1) is 15.4. The van der Waals surface area contributed by atoms with E-state index in [1.165, 1.54) is 6.08 Å². The molecular weight excluding hydrogens is 266 g/mol. The Labute approximate surface area is 115 Å². The van der Waals surface area contributed by atoms with Crippen molar-refractivity contribution in [3.05, 3.63) is 48.7 Å². The van der Waals surface area contributed by atoms with Crippen molar-refractivity contribution in [1.29, 1.82) is 0 Å². The third kappa shape index (κ3) is 4.18. The molecule has 1 N–H and O–H groups in total. The fraction of sp³-hybridized carbons (Fsp3) is 0.308. The lowest BCUT2D eigenvalue weighted by Crippen LogP contribution is -2.37. The van der Waals surface area contributed by atoms with E-state index in [-0.39, 0.29) is 18.9 Å². The highest BCUT2D eigenvalue weighted by molar-refractivity contribution is 7.76. The number of rotatable bonds is 5. The zero-order valence-electron chi connectivity index (χ0n) is 10.4. The van der Waals surface area contributed by atoms with Crippen LogP contribution in [0.25, 0.3) is 0 Å². The lowest BCUT2D eigenvalue weighted by molar-refractivity contribution is -0.138. The highest BCUT2D eigenvalue weighted by Gasteiger charge is 2.28. The molecule has 0 aromatic heterocycles. The molecule has 1 rings (SSSR count). The van der Waals surface area contributed by atoms with Gasteiger partial charge in [0.15, 0.2) is 0 Å². The van der Waals surface area contributed by atoms with Crippen LogP contribution in [-0.2, 0) is 16.1 Å². The molecule has 5 nitrogen and oxygen atoms in total. The highest BCUT2D eigenvalue weighted by atomic mass is 32.2. The summed E-state index contributed by atoms with van der Waals surface area (Å²) in [5, 5.41) is 8.83. The van der Waals surface area contributed by atoms with Crippen molar-refractivity contribution >= 4 is 17.2 Å². The van der Waals surface area contributed by atoms with Crippen LogP contribution in [-0.4, -0.2) is 30.7 Å². The van der Waals surface area contributed by atoms with E-state index in [0.29, 0.717) is 12.1 Å². The number of hydrogen-bond acceptors (Lipinski definition) is 3. The van der Waals surface area contributed by atoms with Crippen molar-refractivity contribution in [2.45, 2.75) is 12.8 Å². The molecule has 2 atom stereocenters. The molecule has 19 heavy (non-hydrogen) atoms. The van der Waals surface area contributed by atoms with Gasteiger partial charge in [-0.15, -0.1) is 0 Å². The summed E-state index contributed by atoms with van der Waals surface area (Å²) in [5.41, 5.74) is 1.27. The summed E-state index contributed by atoms with van der Waals surface area (Å²) in [4.78, 5) is 10.8. The summed E-state index contributed by atoms with van der Waals surface area (Å²) in [5.74, 6) is -1.18. The second-order valence-electron chi connectivity index (χ2n) is 4.16. The molecule has 0 bridgehead atoms. The van der Waals surface area contributed by atoms with Crippen LogP contribution in [0.4, 0.5) is 0 Å². The van der Waals surface area contributed by atoms with Crippen LogP contribution in [0, 0.1) is 5.92 Å². The first-order chi connectivity index (χ1) is 8.99.